The van der Waals surface area contributed by atoms with Crippen molar-refractivity contribution in [2.24, 2.45) is 9.98 Å². The average molecular weight is 362 g/mol. The molecule has 0 radical (unpaired) electrons. The van der Waals surface area contributed by atoms with Gasteiger partial charge in [-0.05, 0) is 60.8 Å². The Morgan fingerprint density at radius 2 is 1.52 bits per heavy atom. The second-order valence-electron chi connectivity index (χ2n) is 4.24. The molecule has 2 aromatic rings. The monoisotopic (exact) mass is 362 g/mol. The van der Waals surface area contributed by atoms with E-state index in [0.717, 1.165) is 0 Å². The summed E-state index contributed by atoms with van der Waals surface area (Å²) in [6, 6.07) is 10.4. The second kappa shape index (κ2) is 7.37. The van der Waals surface area contributed by atoms with Crippen LogP contribution in [-0.4, -0.2) is 25.9 Å². The van der Waals surface area contributed by atoms with Gasteiger partial charge in [-0.2, -0.15) is 9.98 Å². The SMILES string of the molecule is COc1cc(N=C=S)ccc1S(=O)(=O)c1ccc(N=C=S)cc1. The zero-order chi connectivity index (χ0) is 16.9. The smallest absolute Gasteiger partial charge is 0.210 e. The summed E-state index contributed by atoms with van der Waals surface area (Å²) in [5.74, 6) is 0.178. The molecule has 0 atom stereocenters. The average Bonchev–Trinajstić information content (AvgIpc) is 2.55. The molecule has 0 N–H and O–H groups in total. The van der Waals surface area contributed by atoms with Crippen molar-refractivity contribution in [3.63, 3.8) is 0 Å². The molecule has 5 nitrogen and oxygen atoms in total. The van der Waals surface area contributed by atoms with E-state index in [-0.39, 0.29) is 15.5 Å². The molecule has 0 aromatic heterocycles. The van der Waals surface area contributed by atoms with E-state index in [9.17, 15) is 8.42 Å². The van der Waals surface area contributed by atoms with Gasteiger partial charge in [0.15, 0.2) is 0 Å². The number of methoxy groups -OCH3 is 1. The standard InChI is InChI=1S/C15H10N2O3S3/c1-20-14-8-12(17-10-22)4-7-15(14)23(18,19)13-5-2-11(3-6-13)16-9-21/h2-8H,1H3. The number of ether oxygens (including phenoxy) is 1. The first-order valence-corrected chi connectivity index (χ1v) is 8.52. The number of sulfone groups is 1. The van der Waals surface area contributed by atoms with Crippen LogP contribution < -0.4 is 4.74 Å². The van der Waals surface area contributed by atoms with Crippen LogP contribution in [0.25, 0.3) is 0 Å². The van der Waals surface area contributed by atoms with Gasteiger partial charge < -0.3 is 4.74 Å². The number of hydrogen-bond donors (Lipinski definition) is 0. The Balaban J connectivity index is 2.54. The summed E-state index contributed by atoms with van der Waals surface area (Å²) in [5, 5.41) is 4.45. The third kappa shape index (κ3) is 3.76. The number of isothiocyanates is 2. The maximum atomic E-state index is 12.7. The van der Waals surface area contributed by atoms with E-state index in [1.807, 2.05) is 0 Å². The Kier molecular flexibility index (Phi) is 5.50. The van der Waals surface area contributed by atoms with Gasteiger partial charge in [0, 0.05) is 6.07 Å². The van der Waals surface area contributed by atoms with E-state index in [1.54, 1.807) is 12.1 Å². The molecule has 0 aliphatic carbocycles. The van der Waals surface area contributed by atoms with Gasteiger partial charge in [0.2, 0.25) is 9.84 Å². The fourth-order valence-electron chi connectivity index (χ4n) is 1.88. The molecule has 0 saturated carbocycles. The van der Waals surface area contributed by atoms with Crippen molar-refractivity contribution < 1.29 is 13.2 Å². The minimum Gasteiger partial charge on any atom is -0.495 e. The highest BCUT2D eigenvalue weighted by molar-refractivity contribution is 7.91. The Morgan fingerprint density at radius 1 is 0.957 bits per heavy atom. The van der Waals surface area contributed by atoms with Gasteiger partial charge in [0.1, 0.15) is 10.6 Å². The van der Waals surface area contributed by atoms with Crippen molar-refractivity contribution in [1.29, 1.82) is 0 Å². The number of hydrogen-bond acceptors (Lipinski definition) is 7. The largest absolute Gasteiger partial charge is 0.495 e. The first-order valence-electron chi connectivity index (χ1n) is 6.22. The van der Waals surface area contributed by atoms with Gasteiger partial charge in [0.05, 0.1) is 33.7 Å². The third-order valence-corrected chi connectivity index (χ3v) is 4.92. The van der Waals surface area contributed by atoms with Crippen molar-refractivity contribution in [2.75, 3.05) is 7.11 Å². The molecular formula is C15H10N2O3S3. The molecule has 0 unspecified atom stereocenters. The molecule has 0 aliphatic rings. The number of rotatable bonds is 5. The minimum absolute atomic E-state index is 0.0365. The van der Waals surface area contributed by atoms with E-state index < -0.39 is 9.84 Å². The van der Waals surface area contributed by atoms with Crippen LogP contribution in [0.3, 0.4) is 0 Å². The fourth-order valence-corrected chi connectivity index (χ4v) is 3.49. The maximum absolute atomic E-state index is 12.7. The number of nitrogens with zero attached hydrogens (tertiary/aromatic N) is 2. The molecule has 0 aliphatic heterocycles. The third-order valence-electron chi connectivity index (χ3n) is 2.93. The van der Waals surface area contributed by atoms with Crippen molar-refractivity contribution in [2.45, 2.75) is 9.79 Å². The summed E-state index contributed by atoms with van der Waals surface area (Å²) in [6.07, 6.45) is 0. The van der Waals surface area contributed by atoms with E-state index in [2.05, 4.69) is 44.7 Å². The van der Waals surface area contributed by atoms with Crippen molar-refractivity contribution >= 4 is 56.0 Å². The molecule has 2 rings (SSSR count). The van der Waals surface area contributed by atoms with Crippen molar-refractivity contribution in [1.82, 2.24) is 0 Å². The summed E-state index contributed by atoms with van der Waals surface area (Å²) >= 11 is 9.04. The van der Waals surface area contributed by atoms with Crippen LogP contribution in [0.15, 0.2) is 62.2 Å². The van der Waals surface area contributed by atoms with E-state index >= 15 is 0 Å². The van der Waals surface area contributed by atoms with Crippen molar-refractivity contribution in [3.8, 4) is 5.75 Å². The van der Waals surface area contributed by atoms with Gasteiger partial charge in [-0.25, -0.2) is 8.42 Å². The molecule has 0 spiro atoms. The molecule has 0 bridgehead atoms. The predicted molar refractivity (Wildman–Crippen MR) is 94.3 cm³/mol. The second-order valence-corrected chi connectivity index (χ2v) is 6.52. The van der Waals surface area contributed by atoms with Crippen LogP contribution >= 0.6 is 24.4 Å². The van der Waals surface area contributed by atoms with Crippen LogP contribution in [0.2, 0.25) is 0 Å². The zero-order valence-corrected chi connectivity index (χ0v) is 14.3. The number of aliphatic imine (C=N–C) groups is 2. The highest BCUT2D eigenvalue weighted by Crippen LogP contribution is 2.33. The lowest BCUT2D eigenvalue weighted by Gasteiger charge is -2.10. The highest BCUT2D eigenvalue weighted by Gasteiger charge is 2.22. The summed E-state index contributed by atoms with van der Waals surface area (Å²) in [6.45, 7) is 0. The topological polar surface area (TPSA) is 68.1 Å². The van der Waals surface area contributed by atoms with E-state index in [1.165, 1.54) is 37.4 Å². The lowest BCUT2D eigenvalue weighted by atomic mass is 10.3. The Morgan fingerprint density at radius 3 is 2.09 bits per heavy atom. The lowest BCUT2D eigenvalue weighted by Crippen LogP contribution is -2.04. The van der Waals surface area contributed by atoms with Crippen molar-refractivity contribution in [3.05, 3.63) is 42.5 Å². The Hall–Kier alpha value is -2.21. The maximum Gasteiger partial charge on any atom is 0.210 e. The van der Waals surface area contributed by atoms with Gasteiger partial charge in [0.25, 0.3) is 0 Å². The molecule has 0 saturated heterocycles. The molecular weight excluding hydrogens is 352 g/mol. The number of thiocarbonyl (C=S) groups is 2. The molecule has 116 valence electrons. The van der Waals surface area contributed by atoms with Crippen LogP contribution in [0, 0.1) is 0 Å². The lowest BCUT2D eigenvalue weighted by molar-refractivity contribution is 0.403. The van der Waals surface area contributed by atoms with Gasteiger partial charge in [-0.3, -0.25) is 0 Å². The highest BCUT2D eigenvalue weighted by atomic mass is 32.2. The summed E-state index contributed by atoms with van der Waals surface area (Å²) in [7, 11) is -2.36. The number of benzene rings is 2. The first kappa shape index (κ1) is 17.1. The van der Waals surface area contributed by atoms with Crippen LogP contribution in [0.4, 0.5) is 11.4 Å². The minimum atomic E-state index is -3.75. The van der Waals surface area contributed by atoms with Gasteiger partial charge in [-0.15, -0.1) is 0 Å². The molecule has 2 aromatic carbocycles. The van der Waals surface area contributed by atoms with Crippen LogP contribution in [-0.2, 0) is 9.84 Å². The van der Waals surface area contributed by atoms with Crippen LogP contribution in [0.5, 0.6) is 5.75 Å². The molecule has 23 heavy (non-hydrogen) atoms. The molecule has 0 fully saturated rings. The first-order chi connectivity index (χ1) is 11.0. The van der Waals surface area contributed by atoms with Gasteiger partial charge in [-0.1, -0.05) is 0 Å². The summed E-state index contributed by atoms with van der Waals surface area (Å²) < 4.78 is 30.6. The predicted octanol–water partition coefficient (Wildman–Crippen LogP) is 4.00. The fraction of sp³-hybridized carbons (Fsp3) is 0.0667. The summed E-state index contributed by atoms with van der Waals surface area (Å²) in [4.78, 5) is 7.74. The normalized spacial score (nSPS) is 10.3. The van der Waals surface area contributed by atoms with Gasteiger partial charge >= 0.3 is 0 Å². The summed E-state index contributed by atoms with van der Waals surface area (Å²) in [5.41, 5.74) is 0.984. The quantitative estimate of drug-likeness (QED) is 0.594. The van der Waals surface area contributed by atoms with E-state index in [4.69, 9.17) is 4.74 Å². The zero-order valence-electron chi connectivity index (χ0n) is 11.9. The molecule has 0 heterocycles. The van der Waals surface area contributed by atoms with E-state index in [0.29, 0.717) is 11.4 Å². The molecule has 8 heteroatoms. The Labute approximate surface area is 144 Å². The van der Waals surface area contributed by atoms with Crippen LogP contribution in [0.1, 0.15) is 0 Å². The molecule has 0 amide bonds. The Bertz CT molecular complexity index is 925.